The number of halogens is 1. The van der Waals surface area contributed by atoms with E-state index < -0.39 is 10.0 Å². The molecule has 0 atom stereocenters. The Morgan fingerprint density at radius 2 is 1.68 bits per heavy atom. The molecule has 3 aromatic rings. The van der Waals surface area contributed by atoms with Crippen LogP contribution in [0, 0.1) is 6.92 Å². The van der Waals surface area contributed by atoms with Gasteiger partial charge < -0.3 is 14.8 Å². The van der Waals surface area contributed by atoms with E-state index in [-0.39, 0.29) is 10.8 Å². The van der Waals surface area contributed by atoms with Gasteiger partial charge in [-0.25, -0.2) is 8.42 Å². The van der Waals surface area contributed by atoms with E-state index in [0.29, 0.717) is 46.7 Å². The molecule has 0 aliphatic carbocycles. The molecule has 0 bridgehead atoms. The normalized spacial score (nSPS) is 12.8. The lowest BCUT2D eigenvalue weighted by Crippen LogP contribution is -2.17. The minimum atomic E-state index is -3.84. The highest BCUT2D eigenvalue weighted by Crippen LogP contribution is 2.32. The second-order valence-corrected chi connectivity index (χ2v) is 8.94. The van der Waals surface area contributed by atoms with Gasteiger partial charge in [0.15, 0.2) is 11.5 Å². The predicted molar refractivity (Wildman–Crippen MR) is 119 cm³/mol. The lowest BCUT2D eigenvalue weighted by atomic mass is 10.1. The zero-order valence-electron chi connectivity index (χ0n) is 16.5. The van der Waals surface area contributed by atoms with Gasteiger partial charge in [-0.3, -0.25) is 9.52 Å². The first-order valence-corrected chi connectivity index (χ1v) is 11.3. The second kappa shape index (κ2) is 8.49. The summed E-state index contributed by atoms with van der Waals surface area (Å²) in [5.41, 5.74) is 2.08. The molecule has 0 saturated carbocycles. The summed E-state index contributed by atoms with van der Waals surface area (Å²) in [4.78, 5) is 12.6. The van der Waals surface area contributed by atoms with Gasteiger partial charge in [0.2, 0.25) is 0 Å². The van der Waals surface area contributed by atoms with E-state index in [4.69, 9.17) is 21.1 Å². The van der Waals surface area contributed by atoms with Gasteiger partial charge in [-0.2, -0.15) is 0 Å². The molecule has 1 heterocycles. The number of nitrogens with one attached hydrogen (secondary N) is 2. The SMILES string of the molecule is Cc1c(Cl)cccc1NC(=O)c1ccc(NS(=O)(=O)c2ccc3c(c2)OCCO3)cc1. The molecule has 0 spiro atoms. The molecular weight excluding hydrogens is 440 g/mol. The summed E-state index contributed by atoms with van der Waals surface area (Å²) in [6, 6.07) is 15.8. The number of carbonyl (C=O) groups excluding carboxylic acids is 1. The zero-order valence-corrected chi connectivity index (χ0v) is 18.1. The van der Waals surface area contributed by atoms with E-state index in [1.54, 1.807) is 24.3 Å². The molecular formula is C22H19ClN2O5S. The first-order chi connectivity index (χ1) is 14.8. The topological polar surface area (TPSA) is 93.7 Å². The Labute approximate surface area is 185 Å². The van der Waals surface area contributed by atoms with Gasteiger partial charge >= 0.3 is 0 Å². The van der Waals surface area contributed by atoms with Crippen LogP contribution in [-0.4, -0.2) is 27.5 Å². The quantitative estimate of drug-likeness (QED) is 0.588. The minimum absolute atomic E-state index is 0.0509. The Kier molecular flexibility index (Phi) is 5.75. The maximum absolute atomic E-state index is 12.7. The summed E-state index contributed by atoms with van der Waals surface area (Å²) in [6.45, 7) is 2.60. The summed E-state index contributed by atoms with van der Waals surface area (Å²) in [5.74, 6) is 0.569. The summed E-state index contributed by atoms with van der Waals surface area (Å²) in [7, 11) is -3.84. The Morgan fingerprint density at radius 3 is 2.42 bits per heavy atom. The number of benzene rings is 3. The van der Waals surface area contributed by atoms with Crippen LogP contribution in [-0.2, 0) is 10.0 Å². The van der Waals surface area contributed by atoms with Gasteiger partial charge in [0, 0.05) is 28.0 Å². The molecule has 31 heavy (non-hydrogen) atoms. The smallest absolute Gasteiger partial charge is 0.262 e. The van der Waals surface area contributed by atoms with Crippen LogP contribution in [0.3, 0.4) is 0 Å². The van der Waals surface area contributed by atoms with E-state index in [2.05, 4.69) is 10.0 Å². The van der Waals surface area contributed by atoms with Gasteiger partial charge in [-0.15, -0.1) is 0 Å². The largest absolute Gasteiger partial charge is 0.486 e. The first-order valence-electron chi connectivity index (χ1n) is 9.42. The van der Waals surface area contributed by atoms with Crippen molar-refractivity contribution in [2.45, 2.75) is 11.8 Å². The number of ether oxygens (including phenoxy) is 2. The van der Waals surface area contributed by atoms with Crippen molar-refractivity contribution in [2.24, 2.45) is 0 Å². The molecule has 2 N–H and O–H groups in total. The van der Waals surface area contributed by atoms with Crippen molar-refractivity contribution in [3.63, 3.8) is 0 Å². The molecule has 1 aliphatic heterocycles. The summed E-state index contributed by atoms with van der Waals surface area (Å²) < 4.78 is 38.8. The van der Waals surface area contributed by atoms with Crippen molar-refractivity contribution in [2.75, 3.05) is 23.3 Å². The predicted octanol–water partition coefficient (Wildman–Crippen LogP) is 4.47. The van der Waals surface area contributed by atoms with E-state index in [1.807, 2.05) is 6.92 Å². The van der Waals surface area contributed by atoms with Crippen LogP contribution >= 0.6 is 11.6 Å². The zero-order chi connectivity index (χ0) is 22.0. The average Bonchev–Trinajstić information content (AvgIpc) is 2.77. The van der Waals surface area contributed by atoms with Crippen LogP contribution in [0.2, 0.25) is 5.02 Å². The van der Waals surface area contributed by atoms with E-state index >= 15 is 0 Å². The molecule has 3 aromatic carbocycles. The standard InChI is InChI=1S/C22H19ClN2O5S/c1-14-18(23)3-2-4-19(14)24-22(26)15-5-7-16(8-6-15)25-31(27,28)17-9-10-20-21(13-17)30-12-11-29-20/h2-10,13,25H,11-12H2,1H3,(H,24,26). The molecule has 1 aliphatic rings. The fourth-order valence-corrected chi connectivity index (χ4v) is 4.28. The van der Waals surface area contributed by atoms with Gasteiger partial charge in [0.25, 0.3) is 15.9 Å². The maximum atomic E-state index is 12.7. The highest BCUT2D eigenvalue weighted by Gasteiger charge is 2.20. The number of anilines is 2. The number of amides is 1. The third-order valence-electron chi connectivity index (χ3n) is 4.74. The Morgan fingerprint density at radius 1 is 0.968 bits per heavy atom. The maximum Gasteiger partial charge on any atom is 0.262 e. The molecule has 0 unspecified atom stereocenters. The Bertz CT molecular complexity index is 1240. The fourth-order valence-electron chi connectivity index (χ4n) is 3.03. The van der Waals surface area contributed by atoms with Gasteiger partial charge in [0.1, 0.15) is 13.2 Å². The van der Waals surface area contributed by atoms with Crippen LogP contribution in [0.15, 0.2) is 65.6 Å². The van der Waals surface area contributed by atoms with Crippen molar-refractivity contribution >= 4 is 38.9 Å². The first kappa shape index (κ1) is 21.0. The van der Waals surface area contributed by atoms with Crippen LogP contribution in [0.25, 0.3) is 0 Å². The minimum Gasteiger partial charge on any atom is -0.486 e. The van der Waals surface area contributed by atoms with Gasteiger partial charge in [-0.05, 0) is 61.0 Å². The Hall–Kier alpha value is -3.23. The van der Waals surface area contributed by atoms with Crippen molar-refractivity contribution in [1.82, 2.24) is 0 Å². The number of sulfonamides is 1. The molecule has 7 nitrogen and oxygen atoms in total. The molecule has 9 heteroatoms. The lowest BCUT2D eigenvalue weighted by molar-refractivity contribution is 0.102. The highest BCUT2D eigenvalue weighted by molar-refractivity contribution is 7.92. The molecule has 1 amide bonds. The summed E-state index contributed by atoms with van der Waals surface area (Å²) in [5, 5.41) is 3.36. The third kappa shape index (κ3) is 4.60. The second-order valence-electron chi connectivity index (χ2n) is 6.85. The van der Waals surface area contributed by atoms with E-state index in [0.717, 1.165) is 5.56 Å². The molecule has 0 radical (unpaired) electrons. The van der Waals surface area contributed by atoms with E-state index in [9.17, 15) is 13.2 Å². The van der Waals surface area contributed by atoms with Gasteiger partial charge in [0.05, 0.1) is 4.90 Å². The van der Waals surface area contributed by atoms with Crippen LogP contribution in [0.5, 0.6) is 11.5 Å². The summed E-state index contributed by atoms with van der Waals surface area (Å²) in [6.07, 6.45) is 0. The number of hydrogen-bond donors (Lipinski definition) is 2. The molecule has 4 rings (SSSR count). The monoisotopic (exact) mass is 458 g/mol. The van der Waals surface area contributed by atoms with Crippen molar-refractivity contribution in [3.8, 4) is 11.5 Å². The third-order valence-corrected chi connectivity index (χ3v) is 6.53. The molecule has 0 fully saturated rings. The van der Waals surface area contributed by atoms with Crippen molar-refractivity contribution in [1.29, 1.82) is 0 Å². The number of carbonyl (C=O) groups is 1. The fraction of sp³-hybridized carbons (Fsp3) is 0.136. The van der Waals surface area contributed by atoms with Crippen LogP contribution < -0.4 is 19.5 Å². The number of rotatable bonds is 5. The number of hydrogen-bond acceptors (Lipinski definition) is 5. The molecule has 160 valence electrons. The van der Waals surface area contributed by atoms with Crippen LogP contribution in [0.1, 0.15) is 15.9 Å². The number of fused-ring (bicyclic) bond motifs is 1. The summed E-state index contributed by atoms with van der Waals surface area (Å²) >= 11 is 6.08. The van der Waals surface area contributed by atoms with Crippen molar-refractivity contribution < 1.29 is 22.7 Å². The average molecular weight is 459 g/mol. The Balaban J connectivity index is 1.48. The lowest BCUT2D eigenvalue weighted by Gasteiger charge is -2.19. The van der Waals surface area contributed by atoms with Crippen LogP contribution in [0.4, 0.5) is 11.4 Å². The van der Waals surface area contributed by atoms with E-state index in [1.165, 1.54) is 36.4 Å². The molecule has 0 saturated heterocycles. The van der Waals surface area contributed by atoms with Gasteiger partial charge in [-0.1, -0.05) is 17.7 Å². The molecule has 0 aromatic heterocycles. The van der Waals surface area contributed by atoms with Crippen molar-refractivity contribution in [3.05, 3.63) is 76.8 Å². The highest BCUT2D eigenvalue weighted by atomic mass is 35.5.